The first-order valence-corrected chi connectivity index (χ1v) is 12.4. The van der Waals surface area contributed by atoms with E-state index in [2.05, 4.69) is 77.5 Å². The highest BCUT2D eigenvalue weighted by molar-refractivity contribution is 7.98. The number of aliphatic imine (C=N–C) groups is 1. The van der Waals surface area contributed by atoms with Crippen molar-refractivity contribution < 1.29 is 4.74 Å². The van der Waals surface area contributed by atoms with Gasteiger partial charge in [0.1, 0.15) is 11.6 Å². The van der Waals surface area contributed by atoms with Gasteiger partial charge in [0, 0.05) is 31.6 Å². The number of aromatic nitrogens is 3. The molecule has 0 radical (unpaired) electrons. The standard InChI is InChI=1S/C23H38N6OS/c1-7-24-22(26-15-19-12-11-18(5)14-20(19)30-8-2)25-13-9-10-21-27-28-23(31-6)29(21)16-17(3)4/h11-12,14,17H,7-10,13,15-16H2,1-6H3,(H2,24,25,26). The van der Waals surface area contributed by atoms with Crippen LogP contribution in [0.2, 0.25) is 0 Å². The predicted octanol–water partition coefficient (Wildman–Crippen LogP) is 4.05. The minimum absolute atomic E-state index is 0.564. The summed E-state index contributed by atoms with van der Waals surface area (Å²) in [6.07, 6.45) is 3.90. The fourth-order valence-corrected chi connectivity index (χ4v) is 3.77. The number of benzene rings is 1. The maximum atomic E-state index is 5.78. The topological polar surface area (TPSA) is 76.4 Å². The molecule has 0 fully saturated rings. The molecule has 2 rings (SSSR count). The van der Waals surface area contributed by atoms with Crippen molar-refractivity contribution >= 4 is 17.7 Å². The molecule has 1 heterocycles. The summed E-state index contributed by atoms with van der Waals surface area (Å²) in [5, 5.41) is 16.5. The van der Waals surface area contributed by atoms with Gasteiger partial charge in [0.05, 0.1) is 13.2 Å². The molecule has 31 heavy (non-hydrogen) atoms. The average Bonchev–Trinajstić information content (AvgIpc) is 3.11. The molecule has 1 aromatic carbocycles. The third-order valence-corrected chi connectivity index (χ3v) is 5.33. The Morgan fingerprint density at radius 1 is 1.23 bits per heavy atom. The number of thioether (sulfide) groups is 1. The number of ether oxygens (including phenoxy) is 1. The maximum absolute atomic E-state index is 5.78. The van der Waals surface area contributed by atoms with Crippen LogP contribution in [0.4, 0.5) is 0 Å². The zero-order valence-electron chi connectivity index (χ0n) is 19.9. The normalized spacial score (nSPS) is 11.8. The lowest BCUT2D eigenvalue weighted by atomic mass is 10.1. The number of hydrogen-bond acceptors (Lipinski definition) is 5. The first-order valence-electron chi connectivity index (χ1n) is 11.2. The van der Waals surface area contributed by atoms with Gasteiger partial charge in [-0.25, -0.2) is 4.99 Å². The third-order valence-electron chi connectivity index (χ3n) is 4.67. The third kappa shape index (κ3) is 8.09. The molecule has 0 unspecified atom stereocenters. The van der Waals surface area contributed by atoms with Crippen LogP contribution in [0.25, 0.3) is 0 Å². The lowest BCUT2D eigenvalue weighted by Crippen LogP contribution is -2.38. The Balaban J connectivity index is 1.94. The van der Waals surface area contributed by atoms with Gasteiger partial charge in [-0.1, -0.05) is 37.7 Å². The number of nitrogens with zero attached hydrogens (tertiary/aromatic N) is 4. The largest absolute Gasteiger partial charge is 0.494 e. The molecule has 0 spiro atoms. The molecule has 2 aromatic rings. The molecule has 0 aliphatic heterocycles. The Bertz CT molecular complexity index is 833. The number of hydrogen-bond donors (Lipinski definition) is 2. The van der Waals surface area contributed by atoms with E-state index in [1.54, 1.807) is 11.8 Å². The summed E-state index contributed by atoms with van der Waals surface area (Å²) in [5.74, 6) is 3.35. The van der Waals surface area contributed by atoms with E-state index in [0.29, 0.717) is 19.1 Å². The second-order valence-corrected chi connectivity index (χ2v) is 8.65. The first kappa shape index (κ1) is 25.0. The number of guanidine groups is 1. The molecule has 2 N–H and O–H groups in total. The Kier molecular flexibility index (Phi) is 10.7. The van der Waals surface area contributed by atoms with E-state index >= 15 is 0 Å². The second-order valence-electron chi connectivity index (χ2n) is 7.88. The summed E-state index contributed by atoms with van der Waals surface area (Å²) in [5.41, 5.74) is 2.28. The van der Waals surface area contributed by atoms with Gasteiger partial charge in [-0.05, 0) is 51.0 Å². The number of nitrogens with one attached hydrogen (secondary N) is 2. The van der Waals surface area contributed by atoms with E-state index in [-0.39, 0.29) is 0 Å². The summed E-state index contributed by atoms with van der Waals surface area (Å²) in [7, 11) is 0. The molecule has 0 bridgehead atoms. The van der Waals surface area contributed by atoms with Gasteiger partial charge in [-0.2, -0.15) is 0 Å². The van der Waals surface area contributed by atoms with E-state index in [9.17, 15) is 0 Å². The monoisotopic (exact) mass is 446 g/mol. The van der Waals surface area contributed by atoms with Gasteiger partial charge < -0.3 is 19.9 Å². The maximum Gasteiger partial charge on any atom is 0.191 e. The van der Waals surface area contributed by atoms with Crippen molar-refractivity contribution in [2.24, 2.45) is 10.9 Å². The minimum atomic E-state index is 0.564. The Hall–Kier alpha value is -2.22. The van der Waals surface area contributed by atoms with Crippen molar-refractivity contribution in [2.45, 2.75) is 65.7 Å². The fourth-order valence-electron chi connectivity index (χ4n) is 3.24. The number of rotatable bonds is 12. The smallest absolute Gasteiger partial charge is 0.191 e. The summed E-state index contributed by atoms with van der Waals surface area (Å²) < 4.78 is 8.03. The summed E-state index contributed by atoms with van der Waals surface area (Å²) in [6.45, 7) is 14.4. The van der Waals surface area contributed by atoms with E-state index in [0.717, 1.165) is 60.7 Å². The lowest BCUT2D eigenvalue weighted by molar-refractivity contribution is 0.336. The van der Waals surface area contributed by atoms with Gasteiger partial charge in [-0.15, -0.1) is 10.2 Å². The van der Waals surface area contributed by atoms with Gasteiger partial charge in [-0.3, -0.25) is 0 Å². The summed E-state index contributed by atoms with van der Waals surface area (Å²) >= 11 is 1.65. The SMILES string of the molecule is CCNC(=NCc1ccc(C)cc1OCC)NCCCc1nnc(SC)n1CC(C)C. The zero-order valence-corrected chi connectivity index (χ0v) is 20.7. The van der Waals surface area contributed by atoms with Gasteiger partial charge in [0.15, 0.2) is 11.1 Å². The first-order chi connectivity index (χ1) is 15.0. The van der Waals surface area contributed by atoms with Crippen molar-refractivity contribution in [2.75, 3.05) is 26.0 Å². The Labute approximate surface area is 191 Å². The van der Waals surface area contributed by atoms with Crippen molar-refractivity contribution in [3.63, 3.8) is 0 Å². The molecule has 1 aromatic heterocycles. The summed E-state index contributed by atoms with van der Waals surface area (Å²) in [6, 6.07) is 6.27. The second kappa shape index (κ2) is 13.2. The Morgan fingerprint density at radius 3 is 2.71 bits per heavy atom. The molecule has 0 atom stereocenters. The van der Waals surface area contributed by atoms with Crippen LogP contribution in [0.15, 0.2) is 28.3 Å². The Morgan fingerprint density at radius 2 is 2.03 bits per heavy atom. The molecular weight excluding hydrogens is 408 g/mol. The molecular formula is C23H38N6OS. The van der Waals surface area contributed by atoms with Crippen LogP contribution in [-0.4, -0.2) is 46.7 Å². The molecule has 0 saturated carbocycles. The molecule has 0 aliphatic rings. The van der Waals surface area contributed by atoms with Crippen LogP contribution in [0.1, 0.15) is 51.1 Å². The van der Waals surface area contributed by atoms with Crippen molar-refractivity contribution in [1.82, 2.24) is 25.4 Å². The minimum Gasteiger partial charge on any atom is -0.494 e. The van der Waals surface area contributed by atoms with Gasteiger partial charge in [0.2, 0.25) is 0 Å². The van der Waals surface area contributed by atoms with Crippen molar-refractivity contribution in [3.05, 3.63) is 35.2 Å². The summed E-state index contributed by atoms with van der Waals surface area (Å²) in [4.78, 5) is 4.75. The van der Waals surface area contributed by atoms with Gasteiger partial charge in [0.25, 0.3) is 0 Å². The van der Waals surface area contributed by atoms with Crippen LogP contribution >= 0.6 is 11.8 Å². The van der Waals surface area contributed by atoms with E-state index < -0.39 is 0 Å². The van der Waals surface area contributed by atoms with Crippen molar-refractivity contribution in [3.8, 4) is 5.75 Å². The zero-order chi connectivity index (χ0) is 22.6. The highest BCUT2D eigenvalue weighted by Gasteiger charge is 2.12. The molecule has 0 saturated heterocycles. The highest BCUT2D eigenvalue weighted by Crippen LogP contribution is 2.21. The van der Waals surface area contributed by atoms with Crippen molar-refractivity contribution in [1.29, 1.82) is 0 Å². The molecule has 8 heteroatoms. The van der Waals surface area contributed by atoms with E-state index in [1.807, 2.05) is 6.92 Å². The average molecular weight is 447 g/mol. The molecule has 0 amide bonds. The van der Waals surface area contributed by atoms with Crippen LogP contribution in [-0.2, 0) is 19.5 Å². The molecule has 0 aliphatic carbocycles. The van der Waals surface area contributed by atoms with Gasteiger partial charge >= 0.3 is 0 Å². The van der Waals surface area contributed by atoms with Crippen LogP contribution < -0.4 is 15.4 Å². The van der Waals surface area contributed by atoms with Crippen LogP contribution in [0.3, 0.4) is 0 Å². The molecule has 7 nitrogen and oxygen atoms in total. The number of aryl methyl sites for hydroxylation is 2. The van der Waals surface area contributed by atoms with Crippen LogP contribution in [0, 0.1) is 12.8 Å². The fraction of sp³-hybridized carbons (Fsp3) is 0.609. The predicted molar refractivity (Wildman–Crippen MR) is 130 cm³/mol. The lowest BCUT2D eigenvalue weighted by Gasteiger charge is -2.14. The van der Waals surface area contributed by atoms with E-state index in [4.69, 9.17) is 9.73 Å². The quantitative estimate of drug-likeness (QED) is 0.222. The molecule has 172 valence electrons. The van der Waals surface area contributed by atoms with E-state index in [1.165, 1.54) is 5.56 Å². The van der Waals surface area contributed by atoms with Crippen LogP contribution in [0.5, 0.6) is 5.75 Å². The highest BCUT2D eigenvalue weighted by atomic mass is 32.2.